The zero-order valence-electron chi connectivity index (χ0n) is 14.5. The molecule has 116 valence electrons. The van der Waals surface area contributed by atoms with Gasteiger partial charge in [-0.2, -0.15) is 0 Å². The molecule has 0 N–H and O–H groups in total. The van der Waals surface area contributed by atoms with Gasteiger partial charge in [0.2, 0.25) is 0 Å². The van der Waals surface area contributed by atoms with Gasteiger partial charge in [-0.1, -0.05) is 26.0 Å². The molecule has 2 aromatic carbocycles. The first-order valence-electron chi connectivity index (χ1n) is 8.02. The number of benzene rings is 2. The SMILES string of the molecule is CC1c2ccc(N(C)C)cc2C(C)c2cc(N(C)C)ccc21. The lowest BCUT2D eigenvalue weighted by molar-refractivity contribution is 0.770. The van der Waals surface area contributed by atoms with Crippen molar-refractivity contribution in [2.75, 3.05) is 38.0 Å². The Kier molecular flexibility index (Phi) is 3.64. The normalized spacial score (nSPS) is 19.4. The Hall–Kier alpha value is -1.96. The molecular formula is C20H26N2. The molecule has 0 fully saturated rings. The Balaban J connectivity index is 2.14. The van der Waals surface area contributed by atoms with Crippen LogP contribution in [0.3, 0.4) is 0 Å². The Labute approximate surface area is 134 Å². The quantitative estimate of drug-likeness (QED) is 0.808. The van der Waals surface area contributed by atoms with Crippen LogP contribution in [-0.4, -0.2) is 28.2 Å². The topological polar surface area (TPSA) is 6.48 Å². The van der Waals surface area contributed by atoms with Crippen LogP contribution in [-0.2, 0) is 0 Å². The van der Waals surface area contributed by atoms with Crippen molar-refractivity contribution in [3.63, 3.8) is 0 Å². The van der Waals surface area contributed by atoms with E-state index in [1.807, 2.05) is 0 Å². The molecule has 0 heterocycles. The average Bonchev–Trinajstić information content (AvgIpc) is 2.51. The molecule has 3 rings (SSSR count). The summed E-state index contributed by atoms with van der Waals surface area (Å²) in [6, 6.07) is 13.8. The predicted octanol–water partition coefficient (Wildman–Crippen LogP) is 4.44. The van der Waals surface area contributed by atoms with E-state index in [0.717, 1.165) is 0 Å². The summed E-state index contributed by atoms with van der Waals surface area (Å²) in [5, 5.41) is 0. The molecule has 0 bridgehead atoms. The molecule has 22 heavy (non-hydrogen) atoms. The van der Waals surface area contributed by atoms with Crippen LogP contribution >= 0.6 is 0 Å². The van der Waals surface area contributed by atoms with Gasteiger partial charge in [-0.3, -0.25) is 0 Å². The number of hydrogen-bond donors (Lipinski definition) is 0. The number of hydrogen-bond acceptors (Lipinski definition) is 2. The summed E-state index contributed by atoms with van der Waals surface area (Å²) >= 11 is 0. The summed E-state index contributed by atoms with van der Waals surface area (Å²) in [6.07, 6.45) is 0. The van der Waals surface area contributed by atoms with Gasteiger partial charge in [0.05, 0.1) is 0 Å². The van der Waals surface area contributed by atoms with Crippen LogP contribution < -0.4 is 9.80 Å². The maximum Gasteiger partial charge on any atom is 0.0364 e. The molecule has 2 aromatic rings. The van der Waals surface area contributed by atoms with E-state index < -0.39 is 0 Å². The zero-order valence-corrected chi connectivity index (χ0v) is 14.5. The molecule has 0 radical (unpaired) electrons. The molecule has 0 saturated heterocycles. The van der Waals surface area contributed by atoms with Gasteiger partial charge in [-0.15, -0.1) is 0 Å². The van der Waals surface area contributed by atoms with Crippen LogP contribution in [0.5, 0.6) is 0 Å². The first kappa shape index (κ1) is 15.0. The maximum absolute atomic E-state index is 2.36. The highest BCUT2D eigenvalue weighted by Gasteiger charge is 2.28. The third kappa shape index (κ3) is 2.27. The highest BCUT2D eigenvalue weighted by Crippen LogP contribution is 2.44. The van der Waals surface area contributed by atoms with Gasteiger partial charge in [0.15, 0.2) is 0 Å². The van der Waals surface area contributed by atoms with E-state index in [4.69, 9.17) is 0 Å². The van der Waals surface area contributed by atoms with Gasteiger partial charge in [0, 0.05) is 51.4 Å². The molecular weight excluding hydrogens is 268 g/mol. The van der Waals surface area contributed by atoms with Crippen molar-refractivity contribution in [3.05, 3.63) is 58.7 Å². The first-order chi connectivity index (χ1) is 10.4. The summed E-state index contributed by atoms with van der Waals surface area (Å²) in [5.74, 6) is 0.912. The van der Waals surface area contributed by atoms with Crippen LogP contribution in [0.15, 0.2) is 36.4 Å². The zero-order chi connectivity index (χ0) is 16.0. The van der Waals surface area contributed by atoms with Gasteiger partial charge in [0.1, 0.15) is 0 Å². The fourth-order valence-electron chi connectivity index (χ4n) is 3.55. The van der Waals surface area contributed by atoms with Crippen LogP contribution in [0.1, 0.15) is 47.9 Å². The van der Waals surface area contributed by atoms with E-state index in [1.54, 1.807) is 0 Å². The third-order valence-electron chi connectivity index (χ3n) is 5.04. The van der Waals surface area contributed by atoms with Gasteiger partial charge >= 0.3 is 0 Å². The Morgan fingerprint density at radius 1 is 0.591 bits per heavy atom. The second-order valence-corrected chi connectivity index (χ2v) is 6.86. The minimum atomic E-state index is 0.445. The average molecular weight is 294 g/mol. The molecule has 0 unspecified atom stereocenters. The smallest absolute Gasteiger partial charge is 0.0364 e. The lowest BCUT2D eigenvalue weighted by atomic mass is 9.73. The Morgan fingerprint density at radius 2 is 0.955 bits per heavy atom. The van der Waals surface area contributed by atoms with Crippen molar-refractivity contribution in [2.24, 2.45) is 0 Å². The van der Waals surface area contributed by atoms with E-state index >= 15 is 0 Å². The van der Waals surface area contributed by atoms with E-state index in [0.29, 0.717) is 11.8 Å². The molecule has 1 aliphatic rings. The van der Waals surface area contributed by atoms with Crippen molar-refractivity contribution < 1.29 is 0 Å². The summed E-state index contributed by atoms with van der Waals surface area (Å²) in [7, 11) is 8.43. The third-order valence-corrected chi connectivity index (χ3v) is 5.04. The van der Waals surface area contributed by atoms with E-state index in [1.165, 1.54) is 33.6 Å². The maximum atomic E-state index is 2.36. The molecule has 0 amide bonds. The Bertz CT molecular complexity index is 641. The second kappa shape index (κ2) is 5.35. The van der Waals surface area contributed by atoms with Crippen molar-refractivity contribution in [3.8, 4) is 0 Å². The highest BCUT2D eigenvalue weighted by molar-refractivity contribution is 5.61. The lowest BCUT2D eigenvalue weighted by Crippen LogP contribution is -2.18. The van der Waals surface area contributed by atoms with Gasteiger partial charge in [-0.05, 0) is 46.5 Å². The van der Waals surface area contributed by atoms with Crippen LogP contribution in [0.2, 0.25) is 0 Å². The minimum Gasteiger partial charge on any atom is -0.378 e. The fraction of sp³-hybridized carbons (Fsp3) is 0.400. The summed E-state index contributed by atoms with van der Waals surface area (Å²) in [4.78, 5) is 4.37. The van der Waals surface area contributed by atoms with E-state index in [9.17, 15) is 0 Å². The van der Waals surface area contributed by atoms with E-state index in [-0.39, 0.29) is 0 Å². The molecule has 2 nitrogen and oxygen atoms in total. The fourth-order valence-corrected chi connectivity index (χ4v) is 3.55. The van der Waals surface area contributed by atoms with Crippen LogP contribution in [0, 0.1) is 0 Å². The molecule has 0 saturated carbocycles. The molecule has 0 aliphatic heterocycles. The molecule has 2 heteroatoms. The van der Waals surface area contributed by atoms with Crippen LogP contribution in [0.25, 0.3) is 0 Å². The number of anilines is 2. The summed E-state index contributed by atoms with van der Waals surface area (Å²) in [6.45, 7) is 4.66. The predicted molar refractivity (Wildman–Crippen MR) is 96.6 cm³/mol. The number of rotatable bonds is 2. The minimum absolute atomic E-state index is 0.445. The van der Waals surface area contributed by atoms with Crippen molar-refractivity contribution in [1.29, 1.82) is 0 Å². The van der Waals surface area contributed by atoms with Gasteiger partial charge < -0.3 is 9.80 Å². The Morgan fingerprint density at radius 3 is 1.32 bits per heavy atom. The van der Waals surface area contributed by atoms with Gasteiger partial charge in [-0.25, -0.2) is 0 Å². The molecule has 0 aromatic heterocycles. The lowest BCUT2D eigenvalue weighted by Gasteiger charge is -2.32. The monoisotopic (exact) mass is 294 g/mol. The first-order valence-corrected chi connectivity index (χ1v) is 8.02. The van der Waals surface area contributed by atoms with Gasteiger partial charge in [0.25, 0.3) is 0 Å². The number of fused-ring (bicyclic) bond motifs is 2. The second-order valence-electron chi connectivity index (χ2n) is 6.86. The molecule has 0 atom stereocenters. The standard InChI is InChI=1S/C20H26N2/c1-13-17-9-7-15(21(3)4)11-19(17)14(2)20-12-16(22(5)6)8-10-18(13)20/h7-14H,1-6H3. The summed E-state index contributed by atoms with van der Waals surface area (Å²) in [5.41, 5.74) is 8.46. The molecule has 0 spiro atoms. The van der Waals surface area contributed by atoms with Crippen molar-refractivity contribution in [2.45, 2.75) is 25.7 Å². The van der Waals surface area contributed by atoms with Crippen molar-refractivity contribution >= 4 is 11.4 Å². The largest absolute Gasteiger partial charge is 0.378 e. The van der Waals surface area contributed by atoms with Crippen LogP contribution in [0.4, 0.5) is 11.4 Å². The molecule has 1 aliphatic carbocycles. The number of nitrogens with zero attached hydrogens (tertiary/aromatic N) is 2. The summed E-state index contributed by atoms with van der Waals surface area (Å²) < 4.78 is 0. The van der Waals surface area contributed by atoms with E-state index in [2.05, 4.69) is 88.2 Å². The van der Waals surface area contributed by atoms with Crippen molar-refractivity contribution in [1.82, 2.24) is 0 Å². The highest BCUT2D eigenvalue weighted by atomic mass is 15.1.